The molecular weight excluding hydrogens is 242 g/mol. The van der Waals surface area contributed by atoms with Crippen molar-refractivity contribution in [1.82, 2.24) is 0 Å². The highest BCUT2D eigenvalue weighted by molar-refractivity contribution is 5.90. The van der Waals surface area contributed by atoms with E-state index in [4.69, 9.17) is 9.47 Å². The lowest BCUT2D eigenvalue weighted by molar-refractivity contribution is -0.385. The van der Waals surface area contributed by atoms with Gasteiger partial charge in [0.15, 0.2) is 5.75 Å². The number of carbonyl (C=O) groups is 1. The molecule has 98 valence electrons. The summed E-state index contributed by atoms with van der Waals surface area (Å²) in [7, 11) is 2.70. The summed E-state index contributed by atoms with van der Waals surface area (Å²) >= 11 is 0. The Kier molecular flexibility index (Phi) is 5.06. The van der Waals surface area contributed by atoms with Gasteiger partial charge in [0, 0.05) is 13.2 Å². The van der Waals surface area contributed by atoms with Gasteiger partial charge in [0.2, 0.25) is 0 Å². The van der Waals surface area contributed by atoms with Crippen LogP contribution < -0.4 is 4.74 Å². The van der Waals surface area contributed by atoms with E-state index < -0.39 is 10.9 Å². The van der Waals surface area contributed by atoms with Gasteiger partial charge in [-0.1, -0.05) is 0 Å². The van der Waals surface area contributed by atoms with Crippen molar-refractivity contribution in [2.75, 3.05) is 27.4 Å². The van der Waals surface area contributed by atoms with Gasteiger partial charge in [0.1, 0.15) is 6.61 Å². The first-order valence-corrected chi connectivity index (χ1v) is 5.08. The minimum absolute atomic E-state index is 0.0877. The second kappa shape index (κ2) is 6.55. The molecule has 0 amide bonds. The topological polar surface area (TPSA) is 87.9 Å². The van der Waals surface area contributed by atoms with Crippen LogP contribution in [0.3, 0.4) is 0 Å². The van der Waals surface area contributed by atoms with Crippen LogP contribution in [-0.2, 0) is 9.47 Å². The van der Waals surface area contributed by atoms with E-state index >= 15 is 0 Å². The number of esters is 1. The van der Waals surface area contributed by atoms with Crippen molar-refractivity contribution in [3.8, 4) is 5.75 Å². The predicted octanol–water partition coefficient (Wildman–Crippen LogP) is 1.41. The number of carbonyl (C=O) groups excluding carboxylic acids is 1. The molecule has 0 fully saturated rings. The van der Waals surface area contributed by atoms with Crippen LogP contribution in [0.25, 0.3) is 0 Å². The minimum Gasteiger partial charge on any atom is -0.484 e. The van der Waals surface area contributed by atoms with E-state index in [9.17, 15) is 14.9 Å². The van der Waals surface area contributed by atoms with Gasteiger partial charge in [0.25, 0.3) is 0 Å². The highest BCUT2D eigenvalue weighted by atomic mass is 16.6. The minimum atomic E-state index is -0.637. The van der Waals surface area contributed by atoms with Crippen LogP contribution >= 0.6 is 0 Å². The van der Waals surface area contributed by atoms with Crippen molar-refractivity contribution in [2.45, 2.75) is 0 Å². The number of ether oxygens (including phenoxy) is 3. The van der Waals surface area contributed by atoms with E-state index in [1.165, 1.54) is 26.4 Å². The van der Waals surface area contributed by atoms with Crippen molar-refractivity contribution < 1.29 is 23.9 Å². The Morgan fingerprint density at radius 1 is 1.33 bits per heavy atom. The van der Waals surface area contributed by atoms with E-state index in [1.54, 1.807) is 0 Å². The molecule has 0 aliphatic heterocycles. The number of rotatable bonds is 6. The summed E-state index contributed by atoms with van der Waals surface area (Å²) in [6, 6.07) is 3.88. The largest absolute Gasteiger partial charge is 0.484 e. The third-order valence-corrected chi connectivity index (χ3v) is 2.12. The number of hydrogen-bond acceptors (Lipinski definition) is 6. The Morgan fingerprint density at radius 3 is 2.61 bits per heavy atom. The van der Waals surface area contributed by atoms with Crippen LogP contribution in [0.5, 0.6) is 5.75 Å². The van der Waals surface area contributed by atoms with Crippen molar-refractivity contribution >= 4 is 11.7 Å². The second-order valence-electron chi connectivity index (χ2n) is 3.27. The summed E-state index contributed by atoms with van der Waals surface area (Å²) < 4.78 is 14.4. The molecule has 0 unspecified atom stereocenters. The van der Waals surface area contributed by atoms with E-state index in [0.717, 1.165) is 6.07 Å². The molecule has 0 radical (unpaired) electrons. The fraction of sp³-hybridized carbons (Fsp3) is 0.364. The van der Waals surface area contributed by atoms with Gasteiger partial charge in [-0.3, -0.25) is 10.1 Å². The van der Waals surface area contributed by atoms with Crippen LogP contribution in [0, 0.1) is 10.1 Å². The Morgan fingerprint density at radius 2 is 2.06 bits per heavy atom. The molecule has 18 heavy (non-hydrogen) atoms. The van der Waals surface area contributed by atoms with Gasteiger partial charge in [-0.25, -0.2) is 4.79 Å². The highest BCUT2D eigenvalue weighted by Gasteiger charge is 2.18. The summed E-state index contributed by atoms with van der Waals surface area (Å²) in [5.74, 6) is -0.550. The molecule has 1 rings (SSSR count). The van der Waals surface area contributed by atoms with Crippen LogP contribution in [-0.4, -0.2) is 38.3 Å². The van der Waals surface area contributed by atoms with Gasteiger partial charge in [-0.05, 0) is 12.1 Å². The lowest BCUT2D eigenvalue weighted by Gasteiger charge is -2.07. The SMILES string of the molecule is COCCOc1ccc(C(=O)OC)cc1[N+](=O)[O-]. The molecule has 0 heterocycles. The number of benzene rings is 1. The maximum atomic E-state index is 11.3. The van der Waals surface area contributed by atoms with E-state index in [1.807, 2.05) is 0 Å². The first-order chi connectivity index (χ1) is 8.60. The highest BCUT2D eigenvalue weighted by Crippen LogP contribution is 2.28. The molecule has 1 aromatic rings. The van der Waals surface area contributed by atoms with Crippen LogP contribution in [0.2, 0.25) is 0 Å². The average molecular weight is 255 g/mol. The smallest absolute Gasteiger partial charge is 0.338 e. The molecule has 7 nitrogen and oxygen atoms in total. The molecular formula is C11H13NO6. The molecule has 1 aromatic carbocycles. The van der Waals surface area contributed by atoms with Gasteiger partial charge in [-0.15, -0.1) is 0 Å². The zero-order valence-electron chi connectivity index (χ0n) is 10.0. The molecule has 0 aromatic heterocycles. The average Bonchev–Trinajstić information content (AvgIpc) is 2.38. The third-order valence-electron chi connectivity index (χ3n) is 2.12. The lowest BCUT2D eigenvalue weighted by atomic mass is 10.2. The number of nitro benzene ring substituents is 1. The van der Waals surface area contributed by atoms with E-state index in [2.05, 4.69) is 4.74 Å². The maximum Gasteiger partial charge on any atom is 0.338 e. The lowest BCUT2D eigenvalue weighted by Crippen LogP contribution is -2.07. The maximum absolute atomic E-state index is 11.3. The van der Waals surface area contributed by atoms with Crippen molar-refractivity contribution in [3.63, 3.8) is 0 Å². The second-order valence-corrected chi connectivity index (χ2v) is 3.27. The van der Waals surface area contributed by atoms with Crippen LogP contribution in [0.4, 0.5) is 5.69 Å². The first kappa shape index (κ1) is 13.9. The Balaban J connectivity index is 2.97. The molecule has 0 saturated carbocycles. The number of hydrogen-bond donors (Lipinski definition) is 0. The quantitative estimate of drug-likeness (QED) is 0.330. The first-order valence-electron chi connectivity index (χ1n) is 5.08. The van der Waals surface area contributed by atoms with Crippen molar-refractivity contribution in [3.05, 3.63) is 33.9 Å². The monoisotopic (exact) mass is 255 g/mol. The van der Waals surface area contributed by atoms with Gasteiger partial charge in [-0.2, -0.15) is 0 Å². The Bertz CT molecular complexity index is 445. The molecule has 7 heteroatoms. The van der Waals surface area contributed by atoms with Crippen LogP contribution in [0.1, 0.15) is 10.4 Å². The van der Waals surface area contributed by atoms with Gasteiger partial charge in [0.05, 0.1) is 24.2 Å². The fourth-order valence-corrected chi connectivity index (χ4v) is 1.26. The summed E-state index contributed by atoms with van der Waals surface area (Å²) in [5.41, 5.74) is -0.183. The molecule has 0 N–H and O–H groups in total. The van der Waals surface area contributed by atoms with Crippen LogP contribution in [0.15, 0.2) is 18.2 Å². The van der Waals surface area contributed by atoms with E-state index in [0.29, 0.717) is 6.61 Å². The van der Waals surface area contributed by atoms with Gasteiger partial charge < -0.3 is 14.2 Å². The molecule has 0 bridgehead atoms. The Hall–Kier alpha value is -2.15. The number of nitro groups is 1. The number of methoxy groups -OCH3 is 2. The zero-order chi connectivity index (χ0) is 13.5. The molecule has 0 spiro atoms. The van der Waals surface area contributed by atoms with E-state index in [-0.39, 0.29) is 23.6 Å². The summed E-state index contributed by atoms with van der Waals surface area (Å²) in [4.78, 5) is 21.5. The molecule has 0 saturated heterocycles. The van der Waals surface area contributed by atoms with Crippen molar-refractivity contribution in [1.29, 1.82) is 0 Å². The third kappa shape index (κ3) is 3.42. The summed E-state index contributed by atoms with van der Waals surface area (Å²) in [5, 5.41) is 10.9. The summed E-state index contributed by atoms with van der Waals surface area (Å²) in [6.07, 6.45) is 0. The normalized spacial score (nSPS) is 9.89. The fourth-order valence-electron chi connectivity index (χ4n) is 1.26. The molecule has 0 atom stereocenters. The zero-order valence-corrected chi connectivity index (χ0v) is 10.0. The number of nitrogens with zero attached hydrogens (tertiary/aromatic N) is 1. The summed E-state index contributed by atoms with van der Waals surface area (Å²) in [6.45, 7) is 0.505. The van der Waals surface area contributed by atoms with Crippen molar-refractivity contribution in [2.24, 2.45) is 0 Å². The standard InChI is InChI=1S/C11H13NO6/c1-16-5-6-18-10-4-3-8(11(13)17-2)7-9(10)12(14)15/h3-4,7H,5-6H2,1-2H3. The molecule has 0 aliphatic rings. The predicted molar refractivity (Wildman–Crippen MR) is 61.8 cm³/mol. The Labute approximate surface area is 103 Å². The van der Waals surface area contributed by atoms with Gasteiger partial charge >= 0.3 is 11.7 Å². The molecule has 0 aliphatic carbocycles.